The van der Waals surface area contributed by atoms with Gasteiger partial charge < -0.3 is 5.32 Å². The van der Waals surface area contributed by atoms with Gasteiger partial charge in [-0.3, -0.25) is 9.67 Å². The zero-order chi connectivity index (χ0) is 17.6. The molecule has 6 nitrogen and oxygen atoms in total. The number of rotatable bonds is 2. The summed E-state index contributed by atoms with van der Waals surface area (Å²) in [6.45, 7) is 9.94. The molecule has 1 aromatic carbocycles. The van der Waals surface area contributed by atoms with Gasteiger partial charge in [-0.05, 0) is 39.8 Å². The van der Waals surface area contributed by atoms with E-state index in [1.807, 2.05) is 30.0 Å². The Morgan fingerprint density at radius 3 is 2.76 bits per heavy atom. The minimum Gasteiger partial charge on any atom is -0.364 e. The minimum absolute atomic E-state index is 0.0774. The molecule has 0 unspecified atom stereocenters. The third-order valence-corrected chi connectivity index (χ3v) is 4.11. The SMILES string of the molecule is Cc1nc2cccc(-c3cc4n(n3)CCN=C4)c2nc1NC(C)(C)C. The Labute approximate surface area is 147 Å². The molecule has 128 valence electrons. The first-order valence-electron chi connectivity index (χ1n) is 8.54. The standard InChI is InChI=1S/C19H22N6/c1-12-18(23-19(2,3)4)22-17-14(6-5-7-15(17)21-12)16-10-13-11-20-8-9-25(13)24-16/h5-7,10-11H,8-9H2,1-4H3,(H,22,23). The summed E-state index contributed by atoms with van der Waals surface area (Å²) in [7, 11) is 0. The lowest BCUT2D eigenvalue weighted by Gasteiger charge is -2.22. The summed E-state index contributed by atoms with van der Waals surface area (Å²) in [4.78, 5) is 14.0. The quantitative estimate of drug-likeness (QED) is 0.779. The van der Waals surface area contributed by atoms with Crippen LogP contribution in [-0.2, 0) is 6.54 Å². The highest BCUT2D eigenvalue weighted by Gasteiger charge is 2.17. The van der Waals surface area contributed by atoms with Crippen LogP contribution in [-0.4, -0.2) is 38.0 Å². The fraction of sp³-hybridized carbons (Fsp3) is 0.368. The predicted octanol–water partition coefficient (Wildman–Crippen LogP) is 3.44. The molecular formula is C19H22N6. The van der Waals surface area contributed by atoms with Crippen LogP contribution < -0.4 is 5.32 Å². The molecule has 0 atom stereocenters. The van der Waals surface area contributed by atoms with Crippen molar-refractivity contribution in [3.05, 3.63) is 35.7 Å². The fourth-order valence-electron chi connectivity index (χ4n) is 3.00. The van der Waals surface area contributed by atoms with Crippen molar-refractivity contribution < 1.29 is 0 Å². The van der Waals surface area contributed by atoms with Crippen molar-refractivity contribution in [1.29, 1.82) is 0 Å². The third-order valence-electron chi connectivity index (χ3n) is 4.11. The van der Waals surface area contributed by atoms with E-state index in [0.29, 0.717) is 0 Å². The Hall–Kier alpha value is -2.76. The molecule has 1 N–H and O–H groups in total. The van der Waals surface area contributed by atoms with Gasteiger partial charge in [0.25, 0.3) is 0 Å². The molecule has 0 radical (unpaired) electrons. The van der Waals surface area contributed by atoms with Crippen LogP contribution in [0.25, 0.3) is 22.3 Å². The Bertz CT molecular complexity index is 977. The molecule has 0 spiro atoms. The smallest absolute Gasteiger partial charge is 0.148 e. The maximum Gasteiger partial charge on any atom is 0.148 e. The molecule has 25 heavy (non-hydrogen) atoms. The van der Waals surface area contributed by atoms with Gasteiger partial charge in [0.2, 0.25) is 0 Å². The lowest BCUT2D eigenvalue weighted by Crippen LogP contribution is -2.27. The van der Waals surface area contributed by atoms with E-state index in [2.05, 4.69) is 43.2 Å². The molecule has 6 heteroatoms. The number of nitrogens with zero attached hydrogens (tertiary/aromatic N) is 5. The Morgan fingerprint density at radius 1 is 1.16 bits per heavy atom. The van der Waals surface area contributed by atoms with Gasteiger partial charge in [-0.1, -0.05) is 12.1 Å². The first kappa shape index (κ1) is 15.7. The molecule has 2 aromatic heterocycles. The van der Waals surface area contributed by atoms with E-state index in [1.165, 1.54) is 0 Å². The molecular weight excluding hydrogens is 312 g/mol. The highest BCUT2D eigenvalue weighted by molar-refractivity contribution is 5.92. The summed E-state index contributed by atoms with van der Waals surface area (Å²) in [5.41, 5.74) is 5.51. The average molecular weight is 334 g/mol. The third kappa shape index (κ3) is 2.99. The zero-order valence-corrected chi connectivity index (χ0v) is 15.0. The number of anilines is 1. The second kappa shape index (κ2) is 5.65. The molecule has 0 saturated heterocycles. The molecule has 1 aliphatic rings. The average Bonchev–Trinajstić information content (AvgIpc) is 2.97. The first-order valence-corrected chi connectivity index (χ1v) is 8.54. The van der Waals surface area contributed by atoms with Crippen LogP contribution >= 0.6 is 0 Å². The molecule has 3 heterocycles. The van der Waals surface area contributed by atoms with Crippen LogP contribution in [0, 0.1) is 6.92 Å². The molecule has 1 aliphatic heterocycles. The summed E-state index contributed by atoms with van der Waals surface area (Å²) < 4.78 is 2.00. The van der Waals surface area contributed by atoms with E-state index < -0.39 is 0 Å². The van der Waals surface area contributed by atoms with Crippen LogP contribution in [0.4, 0.5) is 5.82 Å². The summed E-state index contributed by atoms with van der Waals surface area (Å²) in [5.74, 6) is 0.818. The van der Waals surface area contributed by atoms with Crippen molar-refractivity contribution in [3.63, 3.8) is 0 Å². The number of para-hydroxylation sites is 1. The summed E-state index contributed by atoms with van der Waals surface area (Å²) in [6, 6.07) is 8.13. The second-order valence-corrected chi connectivity index (χ2v) is 7.42. The first-order chi connectivity index (χ1) is 11.9. The number of aliphatic imine (C=N–C) groups is 1. The number of fused-ring (bicyclic) bond motifs is 2. The van der Waals surface area contributed by atoms with Crippen molar-refractivity contribution in [1.82, 2.24) is 19.7 Å². The normalized spacial score (nSPS) is 13.9. The van der Waals surface area contributed by atoms with Crippen LogP contribution in [0.3, 0.4) is 0 Å². The Morgan fingerprint density at radius 2 is 2.00 bits per heavy atom. The monoisotopic (exact) mass is 334 g/mol. The van der Waals surface area contributed by atoms with Crippen LogP contribution in [0.1, 0.15) is 32.2 Å². The molecule has 0 amide bonds. The maximum absolute atomic E-state index is 4.89. The van der Waals surface area contributed by atoms with Gasteiger partial charge in [0.15, 0.2) is 0 Å². The predicted molar refractivity (Wildman–Crippen MR) is 101 cm³/mol. The van der Waals surface area contributed by atoms with E-state index in [0.717, 1.165) is 52.6 Å². The molecule has 0 saturated carbocycles. The molecule has 0 bridgehead atoms. The largest absolute Gasteiger partial charge is 0.364 e. The van der Waals surface area contributed by atoms with Crippen LogP contribution in [0.2, 0.25) is 0 Å². The van der Waals surface area contributed by atoms with E-state index >= 15 is 0 Å². The summed E-state index contributed by atoms with van der Waals surface area (Å²) in [6.07, 6.45) is 1.88. The van der Waals surface area contributed by atoms with E-state index in [4.69, 9.17) is 15.1 Å². The van der Waals surface area contributed by atoms with Gasteiger partial charge >= 0.3 is 0 Å². The maximum atomic E-state index is 4.89. The summed E-state index contributed by atoms with van der Waals surface area (Å²) >= 11 is 0. The van der Waals surface area contributed by atoms with Crippen molar-refractivity contribution in [2.75, 3.05) is 11.9 Å². The Balaban J connectivity index is 1.88. The van der Waals surface area contributed by atoms with Gasteiger partial charge in [0.1, 0.15) is 11.3 Å². The number of nitrogens with one attached hydrogen (secondary N) is 1. The number of aryl methyl sites for hydroxylation is 1. The van der Waals surface area contributed by atoms with Crippen molar-refractivity contribution in [2.45, 2.75) is 39.8 Å². The lowest BCUT2D eigenvalue weighted by molar-refractivity contribution is 0.612. The van der Waals surface area contributed by atoms with Gasteiger partial charge in [-0.2, -0.15) is 5.10 Å². The van der Waals surface area contributed by atoms with Crippen molar-refractivity contribution in [3.8, 4) is 11.3 Å². The second-order valence-electron chi connectivity index (χ2n) is 7.42. The van der Waals surface area contributed by atoms with E-state index in [1.54, 1.807) is 0 Å². The fourth-order valence-corrected chi connectivity index (χ4v) is 3.00. The van der Waals surface area contributed by atoms with Crippen molar-refractivity contribution in [2.24, 2.45) is 4.99 Å². The van der Waals surface area contributed by atoms with Gasteiger partial charge in [-0.25, -0.2) is 9.97 Å². The van der Waals surface area contributed by atoms with Gasteiger partial charge in [0, 0.05) is 17.3 Å². The van der Waals surface area contributed by atoms with E-state index in [-0.39, 0.29) is 5.54 Å². The molecule has 4 rings (SSSR count). The van der Waals surface area contributed by atoms with Gasteiger partial charge in [-0.15, -0.1) is 0 Å². The van der Waals surface area contributed by atoms with E-state index in [9.17, 15) is 0 Å². The zero-order valence-electron chi connectivity index (χ0n) is 15.0. The lowest BCUT2D eigenvalue weighted by atomic mass is 10.1. The minimum atomic E-state index is -0.0774. The molecule has 3 aromatic rings. The highest BCUT2D eigenvalue weighted by atomic mass is 15.3. The molecule has 0 fully saturated rings. The van der Waals surface area contributed by atoms with Crippen LogP contribution in [0.15, 0.2) is 29.3 Å². The topological polar surface area (TPSA) is 68.0 Å². The van der Waals surface area contributed by atoms with Crippen molar-refractivity contribution >= 4 is 23.1 Å². The number of hydrogen-bond acceptors (Lipinski definition) is 5. The molecule has 0 aliphatic carbocycles. The number of aromatic nitrogens is 4. The number of benzene rings is 1. The Kier molecular flexibility index (Phi) is 3.56. The summed E-state index contributed by atoms with van der Waals surface area (Å²) in [5, 5.41) is 8.18. The highest BCUT2D eigenvalue weighted by Crippen LogP contribution is 2.29. The van der Waals surface area contributed by atoms with Gasteiger partial charge in [0.05, 0.1) is 35.7 Å². The van der Waals surface area contributed by atoms with Crippen LogP contribution in [0.5, 0.6) is 0 Å². The number of hydrogen-bond donors (Lipinski definition) is 1.